The van der Waals surface area contributed by atoms with Gasteiger partial charge in [-0.05, 0) is 57.1 Å². The van der Waals surface area contributed by atoms with Crippen molar-refractivity contribution in [1.82, 2.24) is 10.2 Å². The zero-order chi connectivity index (χ0) is 15.1. The summed E-state index contributed by atoms with van der Waals surface area (Å²) in [5.74, 6) is 0.959. The van der Waals surface area contributed by atoms with Crippen molar-refractivity contribution in [2.45, 2.75) is 31.7 Å². The first-order chi connectivity index (χ1) is 10.1. The van der Waals surface area contributed by atoms with Crippen LogP contribution in [0.4, 0.5) is 0 Å². The molecule has 0 aliphatic carbocycles. The van der Waals surface area contributed by atoms with Crippen LogP contribution < -0.4 is 10.1 Å². The monoisotopic (exact) mass is 354 g/mol. The smallest absolute Gasteiger partial charge is 0.220 e. The van der Waals surface area contributed by atoms with Gasteiger partial charge in [-0.15, -0.1) is 0 Å². The van der Waals surface area contributed by atoms with Crippen molar-refractivity contribution in [3.63, 3.8) is 0 Å². The molecule has 21 heavy (non-hydrogen) atoms. The summed E-state index contributed by atoms with van der Waals surface area (Å²) in [6, 6.07) is 8.23. The molecular formula is C16H23BrN2O2. The van der Waals surface area contributed by atoms with E-state index < -0.39 is 0 Å². The highest BCUT2D eigenvalue weighted by Gasteiger charge is 2.20. The Morgan fingerprint density at radius 2 is 2.19 bits per heavy atom. The second-order valence-electron chi connectivity index (χ2n) is 5.49. The van der Waals surface area contributed by atoms with Crippen molar-refractivity contribution in [2.24, 2.45) is 0 Å². The Morgan fingerprint density at radius 1 is 1.43 bits per heavy atom. The van der Waals surface area contributed by atoms with Crippen molar-refractivity contribution < 1.29 is 9.53 Å². The van der Waals surface area contributed by atoms with E-state index in [0.29, 0.717) is 19.1 Å². The standard InChI is InChI=1S/C16H23BrN2O2/c1-19-10-2-4-14(19)12-18-16(20)5-3-11-21-15-8-6-13(17)7-9-15/h6-9,14H,2-5,10-12H2,1H3,(H,18,20)/t14-/m0/s1. The van der Waals surface area contributed by atoms with Gasteiger partial charge in [0.1, 0.15) is 5.75 Å². The summed E-state index contributed by atoms with van der Waals surface area (Å²) in [6.07, 6.45) is 3.68. The maximum absolute atomic E-state index is 11.8. The molecule has 1 aromatic carbocycles. The first-order valence-electron chi connectivity index (χ1n) is 7.50. The van der Waals surface area contributed by atoms with Crippen LogP contribution in [0, 0.1) is 0 Å². The van der Waals surface area contributed by atoms with Gasteiger partial charge in [0.2, 0.25) is 5.91 Å². The van der Waals surface area contributed by atoms with Gasteiger partial charge in [0.05, 0.1) is 6.61 Å². The molecule has 1 atom stereocenters. The van der Waals surface area contributed by atoms with Gasteiger partial charge in [0, 0.05) is 23.5 Å². The molecule has 5 heteroatoms. The fraction of sp³-hybridized carbons (Fsp3) is 0.562. The number of nitrogens with one attached hydrogen (secondary N) is 1. The molecule has 1 heterocycles. The number of rotatable bonds is 7. The van der Waals surface area contributed by atoms with Crippen LogP contribution in [0.2, 0.25) is 0 Å². The van der Waals surface area contributed by atoms with Crippen molar-refractivity contribution in [1.29, 1.82) is 0 Å². The van der Waals surface area contributed by atoms with E-state index in [1.165, 1.54) is 12.8 Å². The summed E-state index contributed by atoms with van der Waals surface area (Å²) in [6.45, 7) is 2.48. The lowest BCUT2D eigenvalue weighted by Crippen LogP contribution is -2.38. The van der Waals surface area contributed by atoms with Crippen LogP contribution in [0.15, 0.2) is 28.7 Å². The van der Waals surface area contributed by atoms with E-state index in [1.54, 1.807) is 0 Å². The Hall–Kier alpha value is -1.07. The average Bonchev–Trinajstić information content (AvgIpc) is 2.89. The van der Waals surface area contributed by atoms with Crippen molar-refractivity contribution in [3.8, 4) is 5.75 Å². The Kier molecular flexibility index (Phi) is 6.51. The number of halogens is 1. The minimum absolute atomic E-state index is 0.120. The molecule has 0 aromatic heterocycles. The van der Waals surface area contributed by atoms with Gasteiger partial charge >= 0.3 is 0 Å². The maximum atomic E-state index is 11.8. The van der Waals surface area contributed by atoms with Gasteiger partial charge in [0.15, 0.2) is 0 Å². The van der Waals surface area contributed by atoms with E-state index in [-0.39, 0.29) is 5.91 Å². The summed E-state index contributed by atoms with van der Waals surface area (Å²) in [5.41, 5.74) is 0. The van der Waals surface area contributed by atoms with E-state index in [0.717, 1.165) is 29.7 Å². The number of amides is 1. The largest absolute Gasteiger partial charge is 0.494 e. The lowest BCUT2D eigenvalue weighted by Gasteiger charge is -2.19. The number of benzene rings is 1. The molecule has 1 N–H and O–H groups in total. The maximum Gasteiger partial charge on any atom is 0.220 e. The van der Waals surface area contributed by atoms with Crippen LogP contribution in [-0.2, 0) is 4.79 Å². The number of likely N-dealkylation sites (tertiary alicyclic amines) is 1. The molecule has 0 radical (unpaired) electrons. The second-order valence-corrected chi connectivity index (χ2v) is 6.40. The molecule has 0 spiro atoms. The van der Waals surface area contributed by atoms with E-state index in [2.05, 4.69) is 33.2 Å². The first kappa shape index (κ1) is 16.3. The third kappa shape index (κ3) is 5.67. The Balaban J connectivity index is 1.55. The molecule has 1 saturated heterocycles. The van der Waals surface area contributed by atoms with Gasteiger partial charge in [-0.3, -0.25) is 4.79 Å². The van der Waals surface area contributed by atoms with Gasteiger partial charge in [0.25, 0.3) is 0 Å². The number of nitrogens with zero attached hydrogens (tertiary/aromatic N) is 1. The Bertz CT molecular complexity index is 450. The molecule has 1 aliphatic rings. The molecule has 4 nitrogen and oxygen atoms in total. The number of hydrogen-bond acceptors (Lipinski definition) is 3. The minimum Gasteiger partial charge on any atom is -0.494 e. The minimum atomic E-state index is 0.120. The van der Waals surface area contributed by atoms with Crippen LogP contribution in [0.5, 0.6) is 5.75 Å². The fourth-order valence-corrected chi connectivity index (χ4v) is 2.78. The lowest BCUT2D eigenvalue weighted by atomic mass is 10.2. The summed E-state index contributed by atoms with van der Waals surface area (Å²) >= 11 is 3.38. The summed E-state index contributed by atoms with van der Waals surface area (Å²) in [4.78, 5) is 14.1. The predicted octanol–water partition coefficient (Wildman–Crippen LogP) is 2.82. The topological polar surface area (TPSA) is 41.6 Å². The van der Waals surface area contributed by atoms with E-state index in [1.807, 2.05) is 24.3 Å². The molecule has 116 valence electrons. The molecule has 2 rings (SSSR count). The summed E-state index contributed by atoms with van der Waals surface area (Å²) in [5, 5.41) is 3.02. The SMILES string of the molecule is CN1CCC[C@H]1CNC(=O)CCCOc1ccc(Br)cc1. The predicted molar refractivity (Wildman–Crippen MR) is 87.5 cm³/mol. The number of carbonyl (C=O) groups is 1. The van der Waals surface area contributed by atoms with Crippen LogP contribution in [0.25, 0.3) is 0 Å². The van der Waals surface area contributed by atoms with Crippen LogP contribution in [0.3, 0.4) is 0 Å². The van der Waals surface area contributed by atoms with Crippen LogP contribution in [0.1, 0.15) is 25.7 Å². The van der Waals surface area contributed by atoms with E-state index >= 15 is 0 Å². The molecule has 1 amide bonds. The number of carbonyl (C=O) groups excluding carboxylic acids is 1. The Labute approximate surface area is 135 Å². The van der Waals surface area contributed by atoms with Crippen molar-refractivity contribution >= 4 is 21.8 Å². The van der Waals surface area contributed by atoms with Crippen LogP contribution in [-0.4, -0.2) is 43.6 Å². The summed E-state index contributed by atoms with van der Waals surface area (Å²) in [7, 11) is 2.12. The Morgan fingerprint density at radius 3 is 2.86 bits per heavy atom. The molecular weight excluding hydrogens is 332 g/mol. The second kappa shape index (κ2) is 8.39. The number of hydrogen-bond donors (Lipinski definition) is 1. The van der Waals surface area contributed by atoms with E-state index in [4.69, 9.17) is 4.74 Å². The lowest BCUT2D eigenvalue weighted by molar-refractivity contribution is -0.121. The van der Waals surface area contributed by atoms with Gasteiger partial charge in [-0.25, -0.2) is 0 Å². The number of likely N-dealkylation sites (N-methyl/N-ethyl adjacent to an activating group) is 1. The third-order valence-corrected chi connectivity index (χ3v) is 4.37. The molecule has 1 fully saturated rings. The molecule has 0 unspecified atom stereocenters. The highest BCUT2D eigenvalue weighted by atomic mass is 79.9. The molecule has 0 saturated carbocycles. The quantitative estimate of drug-likeness (QED) is 0.765. The first-order valence-corrected chi connectivity index (χ1v) is 8.30. The zero-order valence-electron chi connectivity index (χ0n) is 12.5. The van der Waals surface area contributed by atoms with Crippen LogP contribution >= 0.6 is 15.9 Å². The van der Waals surface area contributed by atoms with Crippen molar-refractivity contribution in [2.75, 3.05) is 26.7 Å². The van der Waals surface area contributed by atoms with E-state index in [9.17, 15) is 4.79 Å². The number of ether oxygens (including phenoxy) is 1. The normalized spacial score (nSPS) is 18.7. The highest BCUT2D eigenvalue weighted by molar-refractivity contribution is 9.10. The molecule has 1 aromatic rings. The zero-order valence-corrected chi connectivity index (χ0v) is 14.1. The average molecular weight is 355 g/mol. The molecule has 1 aliphatic heterocycles. The third-order valence-electron chi connectivity index (χ3n) is 3.84. The van der Waals surface area contributed by atoms with Gasteiger partial charge < -0.3 is 15.0 Å². The van der Waals surface area contributed by atoms with Gasteiger partial charge in [-0.1, -0.05) is 15.9 Å². The highest BCUT2D eigenvalue weighted by Crippen LogP contribution is 2.16. The van der Waals surface area contributed by atoms with Crippen molar-refractivity contribution in [3.05, 3.63) is 28.7 Å². The molecule has 0 bridgehead atoms. The summed E-state index contributed by atoms with van der Waals surface area (Å²) < 4.78 is 6.63. The van der Waals surface area contributed by atoms with Gasteiger partial charge in [-0.2, -0.15) is 0 Å². The fourth-order valence-electron chi connectivity index (χ4n) is 2.51.